The molecule has 114 valence electrons. The van der Waals surface area contributed by atoms with Crippen molar-refractivity contribution in [2.45, 2.75) is 39.2 Å². The lowest BCUT2D eigenvalue weighted by molar-refractivity contribution is 0.00502. The largest absolute Gasteiger partial charge is 0.496 e. The first-order valence-electron chi connectivity index (χ1n) is 6.48. The summed E-state index contributed by atoms with van der Waals surface area (Å²) in [5.41, 5.74) is 2.57. The first-order chi connectivity index (χ1) is 9.45. The van der Waals surface area contributed by atoms with Gasteiger partial charge in [0.15, 0.2) is 0 Å². The number of rotatable bonds is 8. The van der Waals surface area contributed by atoms with Gasteiger partial charge in [-0.1, -0.05) is 0 Å². The van der Waals surface area contributed by atoms with Crippen LogP contribution < -0.4 is 4.74 Å². The van der Waals surface area contributed by atoms with Crippen LogP contribution in [0.3, 0.4) is 0 Å². The van der Waals surface area contributed by atoms with Gasteiger partial charge in [-0.05, 0) is 20.3 Å². The molecule has 1 atom stereocenters. The minimum absolute atomic E-state index is 0.105. The second-order valence-corrected chi connectivity index (χ2v) is 4.66. The summed E-state index contributed by atoms with van der Waals surface area (Å²) >= 11 is 0. The van der Waals surface area contributed by atoms with E-state index in [4.69, 9.17) is 9.47 Å². The molecule has 0 bridgehead atoms. The number of alkyl halides is 2. The molecule has 0 fully saturated rings. The van der Waals surface area contributed by atoms with E-state index in [9.17, 15) is 13.9 Å². The van der Waals surface area contributed by atoms with Crippen molar-refractivity contribution in [2.75, 3.05) is 20.3 Å². The van der Waals surface area contributed by atoms with Gasteiger partial charge >= 0.3 is 0 Å². The summed E-state index contributed by atoms with van der Waals surface area (Å²) in [5.74, 6) is 0.760. The monoisotopic (exact) mass is 289 g/mol. The highest BCUT2D eigenvalue weighted by Crippen LogP contribution is 2.24. The molecule has 0 aromatic carbocycles. The Balaban J connectivity index is 2.52. The summed E-state index contributed by atoms with van der Waals surface area (Å²) in [6, 6.07) is 0. The van der Waals surface area contributed by atoms with Crippen LogP contribution in [0.5, 0.6) is 5.75 Å². The number of methoxy groups -OCH3 is 1. The van der Waals surface area contributed by atoms with Crippen molar-refractivity contribution in [1.82, 2.24) is 4.98 Å². The summed E-state index contributed by atoms with van der Waals surface area (Å²) in [6.45, 7) is 3.29. The third kappa shape index (κ3) is 5.02. The van der Waals surface area contributed by atoms with Gasteiger partial charge in [-0.15, -0.1) is 0 Å². The molecule has 0 spiro atoms. The molecule has 0 saturated heterocycles. The van der Waals surface area contributed by atoms with Gasteiger partial charge in [0, 0.05) is 36.0 Å². The van der Waals surface area contributed by atoms with Gasteiger partial charge in [0.2, 0.25) is 0 Å². The molecule has 1 aromatic rings. The maximum absolute atomic E-state index is 11.9. The number of halogens is 2. The zero-order valence-corrected chi connectivity index (χ0v) is 12.0. The van der Waals surface area contributed by atoms with E-state index in [2.05, 4.69) is 4.98 Å². The van der Waals surface area contributed by atoms with E-state index in [0.29, 0.717) is 12.8 Å². The molecular weight excluding hydrogens is 268 g/mol. The van der Waals surface area contributed by atoms with Crippen LogP contribution >= 0.6 is 0 Å². The molecular formula is C14H21F2NO3. The van der Waals surface area contributed by atoms with Crippen LogP contribution in [0.4, 0.5) is 8.78 Å². The summed E-state index contributed by atoms with van der Waals surface area (Å²) in [7, 11) is 1.59. The van der Waals surface area contributed by atoms with Gasteiger partial charge < -0.3 is 14.6 Å². The fourth-order valence-corrected chi connectivity index (χ4v) is 1.99. The minimum Gasteiger partial charge on any atom is -0.496 e. The van der Waals surface area contributed by atoms with E-state index in [-0.39, 0.29) is 6.61 Å². The number of pyridine rings is 1. The Labute approximate surface area is 117 Å². The van der Waals surface area contributed by atoms with E-state index < -0.39 is 19.1 Å². The lowest BCUT2D eigenvalue weighted by Crippen LogP contribution is -2.17. The van der Waals surface area contributed by atoms with Crippen LogP contribution in [0.15, 0.2) is 6.20 Å². The molecule has 6 heteroatoms. The van der Waals surface area contributed by atoms with Gasteiger partial charge in [-0.2, -0.15) is 0 Å². The average Bonchev–Trinajstić information content (AvgIpc) is 2.38. The quantitative estimate of drug-likeness (QED) is 0.746. The van der Waals surface area contributed by atoms with Crippen LogP contribution in [0.1, 0.15) is 23.2 Å². The maximum Gasteiger partial charge on any atom is 0.261 e. The predicted molar refractivity (Wildman–Crippen MR) is 71.4 cm³/mol. The van der Waals surface area contributed by atoms with Gasteiger partial charge in [-0.25, -0.2) is 8.78 Å². The molecule has 0 radical (unpaired) electrons. The highest BCUT2D eigenvalue weighted by molar-refractivity contribution is 5.41. The van der Waals surface area contributed by atoms with E-state index in [1.54, 1.807) is 13.3 Å². The van der Waals surface area contributed by atoms with Crippen LogP contribution in [0.25, 0.3) is 0 Å². The van der Waals surface area contributed by atoms with Crippen molar-refractivity contribution in [1.29, 1.82) is 0 Å². The summed E-state index contributed by atoms with van der Waals surface area (Å²) in [5, 5.41) is 9.88. The van der Waals surface area contributed by atoms with Crippen molar-refractivity contribution in [3.05, 3.63) is 23.0 Å². The fourth-order valence-electron chi connectivity index (χ4n) is 1.99. The number of aromatic nitrogens is 1. The molecule has 1 rings (SSSR count). The molecule has 1 N–H and O–H groups in total. The molecule has 1 unspecified atom stereocenters. The van der Waals surface area contributed by atoms with Crippen molar-refractivity contribution in [2.24, 2.45) is 0 Å². The summed E-state index contributed by atoms with van der Waals surface area (Å²) < 4.78 is 33.8. The smallest absolute Gasteiger partial charge is 0.261 e. The van der Waals surface area contributed by atoms with E-state index >= 15 is 0 Å². The highest BCUT2D eigenvalue weighted by Gasteiger charge is 2.14. The molecule has 0 amide bonds. The number of aryl methyl sites for hydroxylation is 1. The van der Waals surface area contributed by atoms with Crippen LogP contribution in [0.2, 0.25) is 0 Å². The normalized spacial score (nSPS) is 12.8. The number of ether oxygens (including phenoxy) is 2. The Bertz CT molecular complexity index is 427. The zero-order valence-electron chi connectivity index (χ0n) is 12.0. The Kier molecular flexibility index (Phi) is 6.81. The first kappa shape index (κ1) is 16.8. The Morgan fingerprint density at radius 2 is 2.05 bits per heavy atom. The number of hydrogen-bond acceptors (Lipinski definition) is 4. The van der Waals surface area contributed by atoms with Crippen molar-refractivity contribution < 1.29 is 23.4 Å². The van der Waals surface area contributed by atoms with Crippen LogP contribution in [-0.4, -0.2) is 42.9 Å². The molecule has 1 heterocycles. The minimum atomic E-state index is -2.47. The Morgan fingerprint density at radius 3 is 2.65 bits per heavy atom. The fraction of sp³-hybridized carbons (Fsp3) is 0.643. The number of aliphatic hydroxyl groups is 1. The topological polar surface area (TPSA) is 51.6 Å². The summed E-state index contributed by atoms with van der Waals surface area (Å²) in [4.78, 5) is 4.28. The lowest BCUT2D eigenvalue weighted by Gasteiger charge is -2.15. The van der Waals surface area contributed by atoms with Crippen LogP contribution in [0, 0.1) is 13.8 Å². The molecule has 4 nitrogen and oxygen atoms in total. The van der Waals surface area contributed by atoms with Gasteiger partial charge in [0.25, 0.3) is 6.43 Å². The van der Waals surface area contributed by atoms with E-state index in [1.165, 1.54) is 0 Å². The SMILES string of the molecule is COc1c(C)cnc(CC(O)CCOCC(F)F)c1C. The second kappa shape index (κ2) is 8.11. The van der Waals surface area contributed by atoms with Crippen LogP contribution in [-0.2, 0) is 11.2 Å². The standard InChI is InChI=1S/C14H21F2NO3/c1-9-7-17-12(10(2)14(9)19-3)6-11(18)4-5-20-8-13(15)16/h7,11,13,18H,4-6,8H2,1-3H3. The molecule has 0 aliphatic heterocycles. The number of aliphatic hydroxyl groups excluding tert-OH is 1. The number of nitrogens with zero attached hydrogens (tertiary/aromatic N) is 1. The number of hydrogen-bond donors (Lipinski definition) is 1. The Hall–Kier alpha value is -1.27. The molecule has 0 saturated carbocycles. The molecule has 1 aromatic heterocycles. The highest BCUT2D eigenvalue weighted by atomic mass is 19.3. The third-order valence-corrected chi connectivity index (χ3v) is 3.02. The average molecular weight is 289 g/mol. The van der Waals surface area contributed by atoms with Crippen molar-refractivity contribution in [3.63, 3.8) is 0 Å². The summed E-state index contributed by atoms with van der Waals surface area (Å²) in [6.07, 6.45) is -0.810. The molecule has 20 heavy (non-hydrogen) atoms. The van der Waals surface area contributed by atoms with Gasteiger partial charge in [-0.3, -0.25) is 4.98 Å². The molecule has 0 aliphatic rings. The lowest BCUT2D eigenvalue weighted by atomic mass is 10.0. The molecule has 0 aliphatic carbocycles. The third-order valence-electron chi connectivity index (χ3n) is 3.02. The Morgan fingerprint density at radius 1 is 1.35 bits per heavy atom. The van der Waals surface area contributed by atoms with Crippen molar-refractivity contribution >= 4 is 0 Å². The van der Waals surface area contributed by atoms with E-state index in [0.717, 1.165) is 22.6 Å². The first-order valence-corrected chi connectivity index (χ1v) is 6.48. The predicted octanol–water partition coefficient (Wildman–Crippen LogP) is 2.28. The maximum atomic E-state index is 11.9. The van der Waals surface area contributed by atoms with Crippen molar-refractivity contribution in [3.8, 4) is 5.75 Å². The van der Waals surface area contributed by atoms with Gasteiger partial charge in [0.05, 0.1) is 13.2 Å². The second-order valence-electron chi connectivity index (χ2n) is 4.66. The van der Waals surface area contributed by atoms with Gasteiger partial charge in [0.1, 0.15) is 12.4 Å². The zero-order chi connectivity index (χ0) is 15.1. The van der Waals surface area contributed by atoms with E-state index in [1.807, 2.05) is 13.8 Å².